The van der Waals surface area contributed by atoms with Crippen molar-refractivity contribution in [2.75, 3.05) is 20.1 Å². The molecule has 0 saturated carbocycles. The van der Waals surface area contributed by atoms with Gasteiger partial charge in [-0.1, -0.05) is 36.4 Å². The Hall–Kier alpha value is -2.97. The first-order valence-electron chi connectivity index (χ1n) is 11.2. The number of carbonyl (C=O) groups is 1. The van der Waals surface area contributed by atoms with Crippen LogP contribution in [0.1, 0.15) is 29.8 Å². The predicted octanol–water partition coefficient (Wildman–Crippen LogP) is 3.55. The number of nitrogens with zero attached hydrogens (tertiary/aromatic N) is 4. The van der Waals surface area contributed by atoms with Gasteiger partial charge in [0.2, 0.25) is 15.9 Å². The Balaban J connectivity index is 1.41. The number of para-hydroxylation sites is 1. The standard InChI is InChI=1S/C25H30N4O3S/c1-19-24(20(2)29(26-19)22-10-6-4-7-11-22)18-27(3)25(30)21-14-16-28(17-15-21)33(31,32)23-12-8-5-9-13-23/h4-13,21H,14-18H2,1-3H3. The number of benzene rings is 2. The zero-order chi connectivity index (χ0) is 23.6. The van der Waals surface area contributed by atoms with Gasteiger partial charge in [0.05, 0.1) is 16.3 Å². The maximum atomic E-state index is 13.2. The number of amides is 1. The Labute approximate surface area is 195 Å². The summed E-state index contributed by atoms with van der Waals surface area (Å²) in [6, 6.07) is 18.4. The van der Waals surface area contributed by atoms with E-state index in [4.69, 9.17) is 0 Å². The van der Waals surface area contributed by atoms with Crippen LogP contribution in [-0.2, 0) is 21.4 Å². The zero-order valence-electron chi connectivity index (χ0n) is 19.3. The summed E-state index contributed by atoms with van der Waals surface area (Å²) in [5.41, 5.74) is 3.95. The normalized spacial score (nSPS) is 15.5. The van der Waals surface area contributed by atoms with Crippen LogP contribution in [0.3, 0.4) is 0 Å². The lowest BCUT2D eigenvalue weighted by Gasteiger charge is -2.32. The maximum Gasteiger partial charge on any atom is 0.243 e. The van der Waals surface area contributed by atoms with E-state index in [9.17, 15) is 13.2 Å². The van der Waals surface area contributed by atoms with Crippen molar-refractivity contribution in [1.82, 2.24) is 19.0 Å². The Bertz CT molecular complexity index is 1220. The lowest BCUT2D eigenvalue weighted by molar-refractivity contribution is -0.135. The van der Waals surface area contributed by atoms with Crippen LogP contribution in [0.4, 0.5) is 0 Å². The van der Waals surface area contributed by atoms with Gasteiger partial charge < -0.3 is 4.90 Å². The third kappa shape index (κ3) is 4.72. The minimum Gasteiger partial charge on any atom is -0.341 e. The van der Waals surface area contributed by atoms with Gasteiger partial charge in [0, 0.05) is 43.9 Å². The van der Waals surface area contributed by atoms with Gasteiger partial charge in [-0.25, -0.2) is 13.1 Å². The van der Waals surface area contributed by atoms with Crippen molar-refractivity contribution in [3.63, 3.8) is 0 Å². The van der Waals surface area contributed by atoms with E-state index in [-0.39, 0.29) is 11.8 Å². The van der Waals surface area contributed by atoms with Crippen LogP contribution in [0.2, 0.25) is 0 Å². The molecule has 0 atom stereocenters. The molecule has 0 radical (unpaired) electrons. The van der Waals surface area contributed by atoms with Gasteiger partial charge in [-0.2, -0.15) is 9.40 Å². The van der Waals surface area contributed by atoms with E-state index in [1.807, 2.05) is 55.9 Å². The van der Waals surface area contributed by atoms with Gasteiger partial charge in [-0.3, -0.25) is 4.79 Å². The quantitative estimate of drug-likeness (QED) is 0.557. The third-order valence-electron chi connectivity index (χ3n) is 6.40. The fourth-order valence-electron chi connectivity index (χ4n) is 4.44. The van der Waals surface area contributed by atoms with E-state index in [1.54, 1.807) is 35.2 Å². The van der Waals surface area contributed by atoms with Crippen molar-refractivity contribution in [2.24, 2.45) is 5.92 Å². The molecule has 7 nitrogen and oxygen atoms in total. The second kappa shape index (κ2) is 9.49. The molecule has 1 aromatic heterocycles. The molecule has 0 bridgehead atoms. The summed E-state index contributed by atoms with van der Waals surface area (Å²) in [4.78, 5) is 15.2. The van der Waals surface area contributed by atoms with Gasteiger partial charge in [-0.05, 0) is 51.0 Å². The van der Waals surface area contributed by atoms with Gasteiger partial charge in [0.25, 0.3) is 0 Å². The van der Waals surface area contributed by atoms with Gasteiger partial charge in [-0.15, -0.1) is 0 Å². The number of rotatable bonds is 6. The molecule has 33 heavy (non-hydrogen) atoms. The van der Waals surface area contributed by atoms with Crippen LogP contribution in [-0.4, -0.2) is 53.4 Å². The van der Waals surface area contributed by atoms with Crippen molar-refractivity contribution in [2.45, 2.75) is 38.1 Å². The van der Waals surface area contributed by atoms with Gasteiger partial charge in [0.15, 0.2) is 0 Å². The number of carbonyl (C=O) groups excluding carboxylic acids is 1. The predicted molar refractivity (Wildman–Crippen MR) is 127 cm³/mol. The first-order valence-corrected chi connectivity index (χ1v) is 12.6. The summed E-state index contributed by atoms with van der Waals surface area (Å²) >= 11 is 0. The lowest BCUT2D eigenvalue weighted by atomic mass is 9.96. The molecule has 8 heteroatoms. The fourth-order valence-corrected chi connectivity index (χ4v) is 5.93. The Morgan fingerprint density at radius 1 is 1.00 bits per heavy atom. The maximum absolute atomic E-state index is 13.2. The smallest absolute Gasteiger partial charge is 0.243 e. The van der Waals surface area contributed by atoms with Gasteiger partial charge in [0.1, 0.15) is 0 Å². The zero-order valence-corrected chi connectivity index (χ0v) is 20.1. The highest BCUT2D eigenvalue weighted by atomic mass is 32.2. The number of sulfonamides is 1. The molecule has 1 aliphatic rings. The molecule has 1 amide bonds. The molecule has 2 aromatic carbocycles. The molecule has 3 aromatic rings. The topological polar surface area (TPSA) is 75.5 Å². The molecular formula is C25H30N4O3S. The van der Waals surface area contributed by atoms with Crippen molar-refractivity contribution in [3.05, 3.63) is 77.6 Å². The van der Waals surface area contributed by atoms with Crippen LogP contribution >= 0.6 is 0 Å². The molecule has 1 fully saturated rings. The second-order valence-electron chi connectivity index (χ2n) is 8.58. The minimum atomic E-state index is -3.52. The average molecular weight is 467 g/mol. The van der Waals surface area contributed by atoms with Gasteiger partial charge >= 0.3 is 0 Å². The monoisotopic (exact) mass is 466 g/mol. The number of hydrogen-bond acceptors (Lipinski definition) is 4. The van der Waals surface area contributed by atoms with E-state index in [0.29, 0.717) is 37.4 Å². The van der Waals surface area contributed by atoms with E-state index < -0.39 is 10.0 Å². The first kappa shape index (κ1) is 23.2. The summed E-state index contributed by atoms with van der Waals surface area (Å²) in [5.74, 6) is -0.125. The third-order valence-corrected chi connectivity index (χ3v) is 8.31. The summed E-state index contributed by atoms with van der Waals surface area (Å²) in [6.07, 6.45) is 1.05. The molecular weight excluding hydrogens is 436 g/mol. The summed E-state index contributed by atoms with van der Waals surface area (Å²) in [7, 11) is -1.70. The number of aryl methyl sites for hydroxylation is 1. The van der Waals surface area contributed by atoms with Crippen molar-refractivity contribution < 1.29 is 13.2 Å². The molecule has 4 rings (SSSR count). The molecule has 0 unspecified atom stereocenters. The first-order chi connectivity index (χ1) is 15.8. The molecule has 0 spiro atoms. The van der Waals surface area contributed by atoms with E-state index in [1.165, 1.54) is 4.31 Å². The minimum absolute atomic E-state index is 0.0537. The number of hydrogen-bond donors (Lipinski definition) is 0. The molecule has 0 aliphatic carbocycles. The summed E-state index contributed by atoms with van der Waals surface area (Å²) in [5, 5.41) is 4.68. The Morgan fingerprint density at radius 2 is 1.58 bits per heavy atom. The van der Waals surface area contributed by atoms with E-state index in [2.05, 4.69) is 5.10 Å². The van der Waals surface area contributed by atoms with Crippen molar-refractivity contribution >= 4 is 15.9 Å². The molecule has 2 heterocycles. The second-order valence-corrected chi connectivity index (χ2v) is 10.5. The molecule has 174 valence electrons. The number of piperidine rings is 1. The Morgan fingerprint density at radius 3 is 2.18 bits per heavy atom. The Kier molecular flexibility index (Phi) is 6.67. The van der Waals surface area contributed by atoms with Crippen LogP contribution in [0, 0.1) is 19.8 Å². The molecule has 1 saturated heterocycles. The molecule has 1 aliphatic heterocycles. The van der Waals surface area contributed by atoms with E-state index in [0.717, 1.165) is 22.6 Å². The van der Waals surface area contributed by atoms with E-state index >= 15 is 0 Å². The van der Waals surface area contributed by atoms with Crippen LogP contribution in [0.25, 0.3) is 5.69 Å². The SMILES string of the molecule is Cc1nn(-c2ccccc2)c(C)c1CN(C)C(=O)C1CCN(S(=O)(=O)c2ccccc2)CC1. The highest BCUT2D eigenvalue weighted by Crippen LogP contribution is 2.26. The largest absolute Gasteiger partial charge is 0.341 e. The van der Waals surface area contributed by atoms with Crippen LogP contribution < -0.4 is 0 Å². The fraction of sp³-hybridized carbons (Fsp3) is 0.360. The van der Waals surface area contributed by atoms with Crippen LogP contribution in [0.15, 0.2) is 65.6 Å². The van der Waals surface area contributed by atoms with Crippen molar-refractivity contribution in [3.8, 4) is 5.69 Å². The van der Waals surface area contributed by atoms with Crippen LogP contribution in [0.5, 0.6) is 0 Å². The summed E-state index contributed by atoms with van der Waals surface area (Å²) in [6.45, 7) is 5.17. The molecule has 0 N–H and O–H groups in total. The average Bonchev–Trinajstić information content (AvgIpc) is 3.13. The number of aromatic nitrogens is 2. The highest BCUT2D eigenvalue weighted by Gasteiger charge is 2.33. The lowest BCUT2D eigenvalue weighted by Crippen LogP contribution is -2.43. The summed E-state index contributed by atoms with van der Waals surface area (Å²) < 4.78 is 29.1. The van der Waals surface area contributed by atoms with Crippen molar-refractivity contribution in [1.29, 1.82) is 0 Å². The highest BCUT2D eigenvalue weighted by molar-refractivity contribution is 7.89.